The zero-order chi connectivity index (χ0) is 17.5. The molecular formula is C17H16O6. The maximum Gasteiger partial charge on any atom is 0.328 e. The van der Waals surface area contributed by atoms with Crippen molar-refractivity contribution in [2.24, 2.45) is 0 Å². The van der Waals surface area contributed by atoms with Crippen LogP contribution in [0.15, 0.2) is 72.9 Å². The van der Waals surface area contributed by atoms with Crippen LogP contribution in [0.3, 0.4) is 0 Å². The first-order chi connectivity index (χ1) is 10.9. The lowest BCUT2D eigenvalue weighted by Gasteiger charge is -1.87. The van der Waals surface area contributed by atoms with E-state index in [9.17, 15) is 14.4 Å². The number of carboxylic acid groups (broad SMARTS) is 3. The van der Waals surface area contributed by atoms with E-state index in [4.69, 9.17) is 15.3 Å². The predicted molar refractivity (Wildman–Crippen MR) is 85.8 cm³/mol. The van der Waals surface area contributed by atoms with Gasteiger partial charge in [-0.2, -0.15) is 0 Å². The van der Waals surface area contributed by atoms with E-state index >= 15 is 0 Å². The molecular weight excluding hydrogens is 300 g/mol. The molecule has 0 atom stereocenters. The minimum Gasteiger partial charge on any atom is -0.478 e. The number of rotatable bonds is 6. The molecule has 3 N–H and O–H groups in total. The van der Waals surface area contributed by atoms with Crippen LogP contribution in [0.2, 0.25) is 0 Å². The van der Waals surface area contributed by atoms with E-state index in [1.165, 1.54) is 6.08 Å². The maximum absolute atomic E-state index is 10.1. The van der Waals surface area contributed by atoms with Crippen molar-refractivity contribution in [3.63, 3.8) is 0 Å². The van der Waals surface area contributed by atoms with Crippen molar-refractivity contribution >= 4 is 24.0 Å². The van der Waals surface area contributed by atoms with Crippen molar-refractivity contribution in [2.75, 3.05) is 0 Å². The predicted octanol–water partition coefficient (Wildman–Crippen LogP) is 2.61. The van der Waals surface area contributed by atoms with E-state index in [1.807, 2.05) is 36.4 Å². The number of carboxylic acids is 3. The molecule has 6 nitrogen and oxygen atoms in total. The highest BCUT2D eigenvalue weighted by Crippen LogP contribution is 2.00. The summed E-state index contributed by atoms with van der Waals surface area (Å²) >= 11 is 0. The highest BCUT2D eigenvalue weighted by molar-refractivity contribution is 5.82. The van der Waals surface area contributed by atoms with E-state index < -0.39 is 17.9 Å². The van der Waals surface area contributed by atoms with Crippen LogP contribution in [0, 0.1) is 0 Å². The minimum absolute atomic E-state index is 0.847. The molecule has 0 saturated heterocycles. The first-order valence-corrected chi connectivity index (χ1v) is 6.35. The summed E-state index contributed by atoms with van der Waals surface area (Å²) in [4.78, 5) is 29.6. The summed E-state index contributed by atoms with van der Waals surface area (Å²) < 4.78 is 0. The minimum atomic E-state index is -1.10. The van der Waals surface area contributed by atoms with Gasteiger partial charge in [0.25, 0.3) is 0 Å². The fourth-order valence-corrected chi connectivity index (χ4v) is 1.14. The molecule has 1 rings (SSSR count). The lowest BCUT2D eigenvalue weighted by atomic mass is 10.2. The number of hydrogen-bond donors (Lipinski definition) is 3. The summed E-state index contributed by atoms with van der Waals surface area (Å²) in [6, 6.07) is 9.70. The zero-order valence-electron chi connectivity index (χ0n) is 12.1. The highest BCUT2D eigenvalue weighted by atomic mass is 16.4. The molecule has 0 saturated carbocycles. The Labute approximate surface area is 133 Å². The topological polar surface area (TPSA) is 112 Å². The Morgan fingerprint density at radius 3 is 1.43 bits per heavy atom. The van der Waals surface area contributed by atoms with Gasteiger partial charge in [0.15, 0.2) is 0 Å². The van der Waals surface area contributed by atoms with Crippen LogP contribution >= 0.6 is 0 Å². The first kappa shape index (κ1) is 19.6. The van der Waals surface area contributed by atoms with E-state index in [-0.39, 0.29) is 0 Å². The summed E-state index contributed by atoms with van der Waals surface area (Å²) in [5, 5.41) is 24.3. The Balaban J connectivity index is 0.000000438. The third kappa shape index (κ3) is 14.8. The maximum atomic E-state index is 10.1. The molecule has 0 bridgehead atoms. The van der Waals surface area contributed by atoms with Gasteiger partial charge in [0.05, 0.1) is 0 Å². The van der Waals surface area contributed by atoms with Crippen LogP contribution in [0.5, 0.6) is 0 Å². The van der Waals surface area contributed by atoms with Crippen LogP contribution in [0.25, 0.3) is 6.08 Å². The Bertz CT molecular complexity index is 602. The smallest absolute Gasteiger partial charge is 0.328 e. The van der Waals surface area contributed by atoms with E-state index in [1.54, 1.807) is 6.08 Å². The van der Waals surface area contributed by atoms with Gasteiger partial charge >= 0.3 is 17.9 Å². The molecule has 0 unspecified atom stereocenters. The standard InChI is InChI=1S/C11H10O2.C6H6O4/c12-11(13)9-5-4-8-10-6-2-1-3-7-10;7-5(8)3-1-2-4-6(9)10/h1-9H,(H,12,13);1-4H,(H,7,8)(H,9,10). The molecule has 0 fully saturated rings. The normalized spacial score (nSPS) is 11.0. The van der Waals surface area contributed by atoms with E-state index in [2.05, 4.69) is 0 Å². The van der Waals surface area contributed by atoms with Crippen LogP contribution in [0.4, 0.5) is 0 Å². The van der Waals surface area contributed by atoms with Gasteiger partial charge in [-0.05, 0) is 5.56 Å². The molecule has 0 aromatic heterocycles. The van der Waals surface area contributed by atoms with Gasteiger partial charge in [0, 0.05) is 18.2 Å². The quantitative estimate of drug-likeness (QED) is 0.549. The molecule has 1 aromatic carbocycles. The van der Waals surface area contributed by atoms with Crippen LogP contribution in [0.1, 0.15) is 5.56 Å². The molecule has 0 aliphatic rings. The summed E-state index contributed by atoms with van der Waals surface area (Å²) in [7, 11) is 0. The molecule has 1 aromatic rings. The SMILES string of the molecule is O=C(O)C=CC=CC(=O)O.O=C(O)C=CC=Cc1ccccc1. The van der Waals surface area contributed by atoms with Gasteiger partial charge in [-0.3, -0.25) is 0 Å². The monoisotopic (exact) mass is 316 g/mol. The van der Waals surface area contributed by atoms with E-state index in [0.717, 1.165) is 35.9 Å². The number of hydrogen-bond acceptors (Lipinski definition) is 3. The van der Waals surface area contributed by atoms with Gasteiger partial charge in [-0.25, -0.2) is 14.4 Å². The zero-order valence-corrected chi connectivity index (χ0v) is 12.1. The van der Waals surface area contributed by atoms with Crippen molar-refractivity contribution in [2.45, 2.75) is 0 Å². The molecule has 0 spiro atoms. The third-order valence-electron chi connectivity index (χ3n) is 2.03. The van der Waals surface area contributed by atoms with Crippen LogP contribution in [-0.4, -0.2) is 33.2 Å². The molecule has 0 heterocycles. The number of carbonyl (C=O) groups is 3. The van der Waals surface area contributed by atoms with Crippen molar-refractivity contribution in [3.8, 4) is 0 Å². The van der Waals surface area contributed by atoms with Gasteiger partial charge in [0.2, 0.25) is 0 Å². The molecule has 0 radical (unpaired) electrons. The van der Waals surface area contributed by atoms with Crippen molar-refractivity contribution in [3.05, 3.63) is 78.4 Å². The largest absolute Gasteiger partial charge is 0.478 e. The highest BCUT2D eigenvalue weighted by Gasteiger charge is 1.83. The fourth-order valence-electron chi connectivity index (χ4n) is 1.14. The first-order valence-electron chi connectivity index (χ1n) is 6.35. The number of benzene rings is 1. The molecule has 0 aliphatic carbocycles. The number of aliphatic carboxylic acids is 3. The van der Waals surface area contributed by atoms with Gasteiger partial charge in [-0.1, -0.05) is 60.7 Å². The third-order valence-corrected chi connectivity index (χ3v) is 2.03. The van der Waals surface area contributed by atoms with E-state index in [0.29, 0.717) is 0 Å². The van der Waals surface area contributed by atoms with Gasteiger partial charge in [-0.15, -0.1) is 0 Å². The van der Waals surface area contributed by atoms with Gasteiger partial charge in [0.1, 0.15) is 0 Å². The van der Waals surface area contributed by atoms with Crippen molar-refractivity contribution < 1.29 is 29.7 Å². The van der Waals surface area contributed by atoms with Crippen molar-refractivity contribution in [1.29, 1.82) is 0 Å². The molecule has 120 valence electrons. The van der Waals surface area contributed by atoms with Gasteiger partial charge < -0.3 is 15.3 Å². The second-order valence-corrected chi connectivity index (χ2v) is 3.86. The molecule has 23 heavy (non-hydrogen) atoms. The van der Waals surface area contributed by atoms with Crippen LogP contribution < -0.4 is 0 Å². The lowest BCUT2D eigenvalue weighted by molar-refractivity contribution is -0.132. The summed E-state index contributed by atoms with van der Waals surface area (Å²) in [5.74, 6) is -3.14. The average Bonchev–Trinajstić information content (AvgIpc) is 2.49. The fraction of sp³-hybridized carbons (Fsp3) is 0. The Kier molecular flexibility index (Phi) is 10.5. The molecule has 0 amide bonds. The number of allylic oxidation sites excluding steroid dienone is 4. The molecule has 0 aliphatic heterocycles. The summed E-state index contributed by atoms with van der Waals surface area (Å²) in [6.07, 6.45) is 10.1. The summed E-state index contributed by atoms with van der Waals surface area (Å²) in [5.41, 5.74) is 1.05. The second kappa shape index (κ2) is 12.3. The lowest BCUT2D eigenvalue weighted by Crippen LogP contribution is -1.86. The Morgan fingerprint density at radius 1 is 0.652 bits per heavy atom. The van der Waals surface area contributed by atoms with Crippen LogP contribution in [-0.2, 0) is 14.4 Å². The Morgan fingerprint density at radius 2 is 1.04 bits per heavy atom. The Hall–Kier alpha value is -3.41. The van der Waals surface area contributed by atoms with Crippen molar-refractivity contribution in [1.82, 2.24) is 0 Å². The molecule has 6 heteroatoms. The second-order valence-electron chi connectivity index (χ2n) is 3.86. The summed E-state index contributed by atoms with van der Waals surface area (Å²) in [6.45, 7) is 0. The average molecular weight is 316 g/mol.